The van der Waals surface area contributed by atoms with Gasteiger partial charge < -0.3 is 15.2 Å². The topological polar surface area (TPSA) is 44.7 Å². The number of likely N-dealkylation sites (tertiary alicyclic amines) is 1. The van der Waals surface area contributed by atoms with E-state index in [9.17, 15) is 5.11 Å². The zero-order valence-electron chi connectivity index (χ0n) is 14.0. The molecular formula is C19H30N2O2. The van der Waals surface area contributed by atoms with E-state index < -0.39 is 0 Å². The number of aliphatic hydroxyl groups is 1. The van der Waals surface area contributed by atoms with Crippen LogP contribution in [0.5, 0.6) is 0 Å². The Labute approximate surface area is 139 Å². The van der Waals surface area contributed by atoms with Crippen LogP contribution in [-0.4, -0.2) is 49.0 Å². The standard InChI is InChI=1S/C19H30N2O2/c22-19-5-9-21(10-6-19)15-18-4-2-1-3-17(18)14-20-13-16-7-11-23-12-8-16/h1-4,16,19-20,22H,5-15H2. The van der Waals surface area contributed by atoms with Gasteiger partial charge in [0.1, 0.15) is 0 Å². The van der Waals surface area contributed by atoms with Gasteiger partial charge >= 0.3 is 0 Å². The summed E-state index contributed by atoms with van der Waals surface area (Å²) in [5, 5.41) is 13.3. The van der Waals surface area contributed by atoms with Crippen molar-refractivity contribution in [2.24, 2.45) is 5.92 Å². The minimum absolute atomic E-state index is 0.0948. The zero-order valence-corrected chi connectivity index (χ0v) is 14.0. The molecule has 0 amide bonds. The predicted molar refractivity (Wildman–Crippen MR) is 92.2 cm³/mol. The maximum absolute atomic E-state index is 9.64. The van der Waals surface area contributed by atoms with E-state index in [1.807, 2.05) is 0 Å². The fourth-order valence-corrected chi connectivity index (χ4v) is 3.56. The number of benzene rings is 1. The lowest BCUT2D eigenvalue weighted by molar-refractivity contribution is 0.0662. The first kappa shape index (κ1) is 16.9. The number of hydrogen-bond donors (Lipinski definition) is 2. The van der Waals surface area contributed by atoms with Crippen molar-refractivity contribution >= 4 is 0 Å². The Balaban J connectivity index is 1.49. The highest BCUT2D eigenvalue weighted by molar-refractivity contribution is 5.27. The van der Waals surface area contributed by atoms with Crippen LogP contribution >= 0.6 is 0 Å². The van der Waals surface area contributed by atoms with Gasteiger partial charge in [-0.2, -0.15) is 0 Å². The van der Waals surface area contributed by atoms with Gasteiger partial charge in [-0.25, -0.2) is 0 Å². The van der Waals surface area contributed by atoms with Crippen molar-refractivity contribution in [1.82, 2.24) is 10.2 Å². The Morgan fingerprint density at radius 2 is 1.74 bits per heavy atom. The summed E-state index contributed by atoms with van der Waals surface area (Å²) < 4.78 is 5.42. The van der Waals surface area contributed by atoms with E-state index in [2.05, 4.69) is 34.5 Å². The van der Waals surface area contributed by atoms with Gasteiger partial charge in [-0.1, -0.05) is 24.3 Å². The van der Waals surface area contributed by atoms with Gasteiger partial charge in [-0.3, -0.25) is 4.90 Å². The smallest absolute Gasteiger partial charge is 0.0564 e. The molecule has 2 N–H and O–H groups in total. The highest BCUT2D eigenvalue weighted by Crippen LogP contribution is 2.17. The molecule has 4 nitrogen and oxygen atoms in total. The second kappa shape index (κ2) is 8.78. The quantitative estimate of drug-likeness (QED) is 0.844. The molecule has 23 heavy (non-hydrogen) atoms. The van der Waals surface area contributed by atoms with E-state index in [-0.39, 0.29) is 6.10 Å². The Hall–Kier alpha value is -0.940. The lowest BCUT2D eigenvalue weighted by Gasteiger charge is -2.30. The number of nitrogens with zero attached hydrogens (tertiary/aromatic N) is 1. The molecule has 0 atom stereocenters. The maximum Gasteiger partial charge on any atom is 0.0564 e. The molecule has 1 aromatic rings. The van der Waals surface area contributed by atoms with Crippen molar-refractivity contribution < 1.29 is 9.84 Å². The Morgan fingerprint density at radius 3 is 2.48 bits per heavy atom. The van der Waals surface area contributed by atoms with Gasteiger partial charge in [-0.05, 0) is 49.3 Å². The summed E-state index contributed by atoms with van der Waals surface area (Å²) in [5.74, 6) is 0.763. The van der Waals surface area contributed by atoms with Crippen LogP contribution < -0.4 is 5.32 Å². The Kier molecular flexibility index (Phi) is 6.46. The van der Waals surface area contributed by atoms with E-state index >= 15 is 0 Å². The van der Waals surface area contributed by atoms with Crippen LogP contribution in [0.2, 0.25) is 0 Å². The van der Waals surface area contributed by atoms with Crippen molar-refractivity contribution in [3.05, 3.63) is 35.4 Å². The van der Waals surface area contributed by atoms with Gasteiger partial charge in [0, 0.05) is 39.4 Å². The van der Waals surface area contributed by atoms with E-state index in [1.54, 1.807) is 0 Å². The number of nitrogens with one attached hydrogen (secondary N) is 1. The molecule has 0 unspecified atom stereocenters. The van der Waals surface area contributed by atoms with Crippen LogP contribution in [0.1, 0.15) is 36.8 Å². The molecule has 0 saturated carbocycles. The molecule has 128 valence electrons. The normalized spacial score (nSPS) is 21.6. The third-order valence-corrected chi connectivity index (χ3v) is 5.16. The molecule has 2 saturated heterocycles. The van der Waals surface area contributed by atoms with Crippen molar-refractivity contribution in [3.8, 4) is 0 Å². The number of hydrogen-bond acceptors (Lipinski definition) is 4. The van der Waals surface area contributed by atoms with Crippen molar-refractivity contribution in [2.75, 3.05) is 32.8 Å². The Morgan fingerprint density at radius 1 is 1.04 bits per heavy atom. The molecule has 0 aromatic heterocycles. The molecule has 0 spiro atoms. The largest absolute Gasteiger partial charge is 0.393 e. The molecule has 0 aliphatic carbocycles. The molecular weight excluding hydrogens is 288 g/mol. The van der Waals surface area contributed by atoms with Crippen LogP contribution in [0.4, 0.5) is 0 Å². The minimum atomic E-state index is -0.0948. The monoisotopic (exact) mass is 318 g/mol. The highest BCUT2D eigenvalue weighted by atomic mass is 16.5. The van der Waals surface area contributed by atoms with Crippen molar-refractivity contribution in [1.29, 1.82) is 0 Å². The second-order valence-corrected chi connectivity index (χ2v) is 6.96. The number of aliphatic hydroxyl groups excluding tert-OH is 1. The fourth-order valence-electron chi connectivity index (χ4n) is 3.56. The van der Waals surface area contributed by atoms with Crippen LogP contribution in [0.15, 0.2) is 24.3 Å². The first-order valence-electron chi connectivity index (χ1n) is 9.07. The average molecular weight is 318 g/mol. The number of rotatable bonds is 6. The molecule has 1 aromatic carbocycles. The first-order valence-corrected chi connectivity index (χ1v) is 9.07. The lowest BCUT2D eigenvalue weighted by atomic mass is 10.00. The van der Waals surface area contributed by atoms with Gasteiger partial charge in [0.25, 0.3) is 0 Å². The van der Waals surface area contributed by atoms with Crippen LogP contribution in [0, 0.1) is 5.92 Å². The third-order valence-electron chi connectivity index (χ3n) is 5.16. The lowest BCUT2D eigenvalue weighted by Crippen LogP contribution is -2.35. The minimum Gasteiger partial charge on any atom is -0.393 e. The molecule has 0 radical (unpaired) electrons. The molecule has 0 bridgehead atoms. The summed E-state index contributed by atoms with van der Waals surface area (Å²) in [5.41, 5.74) is 2.83. The summed E-state index contributed by atoms with van der Waals surface area (Å²) in [6.07, 6.45) is 4.09. The van der Waals surface area contributed by atoms with E-state index in [1.165, 1.54) is 24.0 Å². The summed E-state index contributed by atoms with van der Waals surface area (Å²) >= 11 is 0. The molecule has 2 heterocycles. The molecule has 2 aliphatic rings. The summed E-state index contributed by atoms with van der Waals surface area (Å²) in [7, 11) is 0. The van der Waals surface area contributed by atoms with E-state index in [0.29, 0.717) is 0 Å². The Bertz CT molecular complexity index is 466. The number of piperidine rings is 1. The summed E-state index contributed by atoms with van der Waals surface area (Å²) in [6, 6.07) is 8.76. The van der Waals surface area contributed by atoms with E-state index in [0.717, 1.165) is 64.7 Å². The summed E-state index contributed by atoms with van der Waals surface area (Å²) in [6.45, 7) is 6.89. The van der Waals surface area contributed by atoms with Crippen LogP contribution in [-0.2, 0) is 17.8 Å². The maximum atomic E-state index is 9.64. The van der Waals surface area contributed by atoms with Crippen molar-refractivity contribution in [3.63, 3.8) is 0 Å². The molecule has 2 fully saturated rings. The molecule has 3 rings (SSSR count). The second-order valence-electron chi connectivity index (χ2n) is 6.96. The van der Waals surface area contributed by atoms with E-state index in [4.69, 9.17) is 4.74 Å². The van der Waals surface area contributed by atoms with Crippen LogP contribution in [0.25, 0.3) is 0 Å². The van der Waals surface area contributed by atoms with Gasteiger partial charge in [0.15, 0.2) is 0 Å². The average Bonchev–Trinajstić information content (AvgIpc) is 2.59. The SMILES string of the molecule is OC1CCN(Cc2ccccc2CNCC2CCOCC2)CC1. The number of ether oxygens (including phenoxy) is 1. The molecule has 2 aliphatic heterocycles. The highest BCUT2D eigenvalue weighted by Gasteiger charge is 2.18. The van der Waals surface area contributed by atoms with Gasteiger partial charge in [-0.15, -0.1) is 0 Å². The van der Waals surface area contributed by atoms with Crippen LogP contribution in [0.3, 0.4) is 0 Å². The first-order chi connectivity index (χ1) is 11.3. The van der Waals surface area contributed by atoms with Crippen molar-refractivity contribution in [2.45, 2.75) is 44.9 Å². The third kappa shape index (κ3) is 5.28. The summed E-state index contributed by atoms with van der Waals surface area (Å²) in [4.78, 5) is 2.46. The molecule has 4 heteroatoms. The fraction of sp³-hybridized carbons (Fsp3) is 0.684. The van der Waals surface area contributed by atoms with Gasteiger partial charge in [0.05, 0.1) is 6.10 Å². The van der Waals surface area contributed by atoms with Gasteiger partial charge in [0.2, 0.25) is 0 Å². The zero-order chi connectivity index (χ0) is 15.9. The predicted octanol–water partition coefficient (Wildman–Crippen LogP) is 2.16.